The van der Waals surface area contributed by atoms with E-state index >= 15 is 0 Å². The summed E-state index contributed by atoms with van der Waals surface area (Å²) in [5, 5.41) is 12.1. The van der Waals surface area contributed by atoms with Gasteiger partial charge in [0.1, 0.15) is 11.8 Å². The maximum atomic E-state index is 12.7. The molecule has 0 radical (unpaired) electrons. The number of methoxy groups -OCH3 is 1. The zero-order valence-corrected chi connectivity index (χ0v) is 19.3. The number of aryl methyl sites for hydroxylation is 1. The van der Waals surface area contributed by atoms with E-state index in [-0.39, 0.29) is 11.4 Å². The molecule has 5 atom stereocenters. The van der Waals surface area contributed by atoms with Crippen molar-refractivity contribution in [2.75, 3.05) is 7.11 Å². The summed E-state index contributed by atoms with van der Waals surface area (Å²) in [6.07, 6.45) is 8.42. The van der Waals surface area contributed by atoms with E-state index in [1.807, 2.05) is 6.07 Å². The second kappa shape index (κ2) is 9.19. The number of hydrogen-bond donors (Lipinski definition) is 2. The molecule has 0 bridgehead atoms. The average molecular weight is 432 g/mol. The Morgan fingerprint density at radius 1 is 1.39 bits per heavy atom. The third-order valence-electron chi connectivity index (χ3n) is 8.15. The minimum absolute atomic E-state index is 0.0243. The molecule has 2 saturated carbocycles. The Kier molecular flexibility index (Phi) is 6.99. The third kappa shape index (κ3) is 4.45. The molecule has 3 rings (SSSR count). The van der Waals surface area contributed by atoms with Crippen LogP contribution in [0.15, 0.2) is 28.9 Å². The Balaban J connectivity index is 1.75. The predicted molar refractivity (Wildman–Crippen MR) is 118 cm³/mol. The molecule has 0 saturated heterocycles. The van der Waals surface area contributed by atoms with Crippen LogP contribution in [0.2, 0.25) is 0 Å². The van der Waals surface area contributed by atoms with Crippen LogP contribution in [0, 0.1) is 22.7 Å². The smallest absolute Gasteiger partial charge is 0.320 e. The van der Waals surface area contributed by atoms with Gasteiger partial charge in [0.2, 0.25) is 0 Å². The topological polar surface area (TPSA) is 88.8 Å². The lowest BCUT2D eigenvalue weighted by Gasteiger charge is -2.57. The maximum Gasteiger partial charge on any atom is 0.320 e. The average Bonchev–Trinajstić information content (AvgIpc) is 3.17. The van der Waals surface area contributed by atoms with Crippen LogP contribution >= 0.6 is 0 Å². The van der Waals surface area contributed by atoms with Crippen LogP contribution in [0.4, 0.5) is 0 Å². The highest BCUT2D eigenvalue weighted by molar-refractivity contribution is 5.77. The van der Waals surface area contributed by atoms with Crippen molar-refractivity contribution in [1.82, 2.24) is 5.32 Å². The molecule has 31 heavy (non-hydrogen) atoms. The van der Waals surface area contributed by atoms with Crippen molar-refractivity contribution in [1.29, 1.82) is 0 Å². The van der Waals surface area contributed by atoms with Gasteiger partial charge in [-0.15, -0.1) is 0 Å². The first kappa shape index (κ1) is 23.6. The SMILES string of the molecule is C=C1CC[C@H]2[C@](C)(CCC[C@]2(C)C(=O)OC)[C@@H]1CCc1ccoc1CN[C@@H](C)C(=O)O. The molecule has 2 aliphatic rings. The summed E-state index contributed by atoms with van der Waals surface area (Å²) in [4.78, 5) is 23.8. The highest BCUT2D eigenvalue weighted by atomic mass is 16.5. The summed E-state index contributed by atoms with van der Waals surface area (Å²) < 4.78 is 10.9. The first-order valence-electron chi connectivity index (χ1n) is 11.4. The number of furan rings is 1. The van der Waals surface area contributed by atoms with Gasteiger partial charge in [0.15, 0.2) is 0 Å². The van der Waals surface area contributed by atoms with Crippen molar-refractivity contribution < 1.29 is 23.8 Å². The van der Waals surface area contributed by atoms with Gasteiger partial charge in [-0.2, -0.15) is 0 Å². The van der Waals surface area contributed by atoms with E-state index in [4.69, 9.17) is 14.3 Å². The van der Waals surface area contributed by atoms with Crippen LogP contribution in [0.25, 0.3) is 0 Å². The van der Waals surface area contributed by atoms with Crippen molar-refractivity contribution in [3.05, 3.63) is 35.8 Å². The van der Waals surface area contributed by atoms with Gasteiger partial charge in [-0.3, -0.25) is 14.9 Å². The zero-order chi connectivity index (χ0) is 22.8. The first-order valence-corrected chi connectivity index (χ1v) is 11.4. The molecule has 2 N–H and O–H groups in total. The van der Waals surface area contributed by atoms with Crippen LogP contribution < -0.4 is 5.32 Å². The van der Waals surface area contributed by atoms with Crippen LogP contribution in [0.3, 0.4) is 0 Å². The molecule has 0 aromatic carbocycles. The highest BCUT2D eigenvalue weighted by Gasteiger charge is 2.57. The van der Waals surface area contributed by atoms with E-state index in [0.717, 1.165) is 56.3 Å². The maximum absolute atomic E-state index is 12.7. The summed E-state index contributed by atoms with van der Waals surface area (Å²) in [5.41, 5.74) is 1.99. The fraction of sp³-hybridized carbons (Fsp3) is 0.680. The fourth-order valence-corrected chi connectivity index (χ4v) is 6.34. The van der Waals surface area contributed by atoms with Gasteiger partial charge < -0.3 is 14.3 Å². The molecule has 6 nitrogen and oxygen atoms in total. The van der Waals surface area contributed by atoms with Crippen molar-refractivity contribution >= 4 is 11.9 Å². The summed E-state index contributed by atoms with van der Waals surface area (Å²) >= 11 is 0. The molecule has 1 aromatic rings. The van der Waals surface area contributed by atoms with Crippen LogP contribution in [-0.2, 0) is 27.3 Å². The Morgan fingerprint density at radius 2 is 2.13 bits per heavy atom. The molecule has 2 aliphatic carbocycles. The number of carboxylic acids is 1. The minimum atomic E-state index is -0.878. The monoisotopic (exact) mass is 431 g/mol. The van der Waals surface area contributed by atoms with Crippen molar-refractivity contribution in [2.45, 2.75) is 78.3 Å². The first-order chi connectivity index (χ1) is 14.6. The van der Waals surface area contributed by atoms with E-state index < -0.39 is 17.4 Å². The minimum Gasteiger partial charge on any atom is -0.480 e. The van der Waals surface area contributed by atoms with E-state index in [9.17, 15) is 9.59 Å². The lowest BCUT2D eigenvalue weighted by molar-refractivity contribution is -0.168. The number of hydrogen-bond acceptors (Lipinski definition) is 5. The van der Waals surface area contributed by atoms with Crippen LogP contribution in [-0.4, -0.2) is 30.2 Å². The van der Waals surface area contributed by atoms with Gasteiger partial charge in [0.25, 0.3) is 0 Å². The number of ether oxygens (including phenoxy) is 1. The third-order valence-corrected chi connectivity index (χ3v) is 8.15. The molecule has 1 aromatic heterocycles. The molecule has 0 spiro atoms. The van der Waals surface area contributed by atoms with Crippen molar-refractivity contribution in [3.63, 3.8) is 0 Å². The summed E-state index contributed by atoms with van der Waals surface area (Å²) in [7, 11) is 1.50. The van der Waals surface area contributed by atoms with E-state index in [2.05, 4.69) is 25.7 Å². The van der Waals surface area contributed by atoms with Crippen molar-refractivity contribution in [3.8, 4) is 0 Å². The molecule has 1 heterocycles. The van der Waals surface area contributed by atoms with Gasteiger partial charge in [-0.1, -0.05) is 25.5 Å². The lowest BCUT2D eigenvalue weighted by atomic mass is 9.46. The molecule has 0 amide bonds. The number of carbonyl (C=O) groups is 2. The molecular weight excluding hydrogens is 394 g/mol. The number of nitrogens with one attached hydrogen (secondary N) is 1. The number of carboxylic acid groups (broad SMARTS) is 1. The fourth-order valence-electron chi connectivity index (χ4n) is 6.34. The molecule has 0 aliphatic heterocycles. The number of fused-ring (bicyclic) bond motifs is 1. The Bertz CT molecular complexity index is 830. The zero-order valence-electron chi connectivity index (χ0n) is 19.3. The quantitative estimate of drug-likeness (QED) is 0.457. The molecule has 0 unspecified atom stereocenters. The Morgan fingerprint density at radius 3 is 2.81 bits per heavy atom. The van der Waals surface area contributed by atoms with Gasteiger partial charge >= 0.3 is 11.9 Å². The van der Waals surface area contributed by atoms with E-state index in [0.29, 0.717) is 18.4 Å². The largest absolute Gasteiger partial charge is 0.480 e. The summed E-state index contributed by atoms with van der Waals surface area (Å²) in [6, 6.07) is 1.35. The molecule has 2 fully saturated rings. The van der Waals surface area contributed by atoms with Gasteiger partial charge in [0, 0.05) is 0 Å². The lowest BCUT2D eigenvalue weighted by Crippen LogP contribution is -2.53. The summed E-state index contributed by atoms with van der Waals surface area (Å²) in [5.74, 6) is 0.462. The number of aliphatic carboxylic acids is 1. The summed E-state index contributed by atoms with van der Waals surface area (Å²) in [6.45, 7) is 10.9. The van der Waals surface area contributed by atoms with Crippen LogP contribution in [0.5, 0.6) is 0 Å². The van der Waals surface area contributed by atoms with Gasteiger partial charge in [-0.05, 0) is 81.3 Å². The van der Waals surface area contributed by atoms with Gasteiger partial charge in [-0.25, -0.2) is 0 Å². The van der Waals surface area contributed by atoms with Crippen molar-refractivity contribution in [2.24, 2.45) is 22.7 Å². The second-order valence-corrected chi connectivity index (χ2v) is 9.92. The Hall–Kier alpha value is -2.08. The molecule has 6 heteroatoms. The Labute approximate surface area is 185 Å². The van der Waals surface area contributed by atoms with E-state index in [1.54, 1.807) is 13.2 Å². The number of allylic oxidation sites excluding steroid dienone is 1. The second-order valence-electron chi connectivity index (χ2n) is 9.92. The standard InChI is InChI=1S/C25H37NO5/c1-16-7-10-21-24(3,12-6-13-25(21,4)23(29)30-5)19(16)9-8-18-11-14-31-20(18)15-26-17(2)22(27)28/h11,14,17,19,21,26H,1,6-10,12-13,15H2,2-5H3,(H,27,28)/t17-,19+,21-,24+,25-/m0/s1. The molecular formula is C25H37NO5. The predicted octanol–water partition coefficient (Wildman–Crippen LogP) is 4.73. The van der Waals surface area contributed by atoms with Crippen LogP contribution in [0.1, 0.15) is 70.6 Å². The number of rotatable bonds is 8. The highest BCUT2D eigenvalue weighted by Crippen LogP contribution is 2.62. The normalized spacial score (nSPS) is 31.7. The molecule has 172 valence electrons. The van der Waals surface area contributed by atoms with E-state index in [1.165, 1.54) is 12.7 Å². The van der Waals surface area contributed by atoms with Gasteiger partial charge in [0.05, 0.1) is 25.3 Å². The number of esters is 1. The number of carbonyl (C=O) groups excluding carboxylic acids is 1.